The first-order valence-electron chi connectivity index (χ1n) is 11.2. The molecular formula is C22H21N6O9S3+. The number of β-lactam (4-membered cyclic amide) rings is 1. The molecule has 0 bridgehead atoms. The Morgan fingerprint density at radius 3 is 2.55 bits per heavy atom. The summed E-state index contributed by atoms with van der Waals surface area (Å²) in [6, 6.07) is 2.35. The van der Waals surface area contributed by atoms with Crippen molar-refractivity contribution in [2.24, 2.45) is 5.16 Å². The minimum atomic E-state index is -1.32. The second-order valence-corrected chi connectivity index (χ2v) is 11.2. The Morgan fingerprint density at radius 1 is 1.23 bits per heavy atom. The minimum Gasteiger partial charge on any atom is -0.479 e. The maximum Gasteiger partial charge on any atom is 0.370 e. The fourth-order valence-electron chi connectivity index (χ4n) is 3.73. The number of rotatable bonds is 12. The number of nitrogens with two attached hydrogens (primary N) is 1. The molecule has 15 nitrogen and oxygen atoms in total. The third-order valence-corrected chi connectivity index (χ3v) is 8.56. The molecule has 40 heavy (non-hydrogen) atoms. The lowest BCUT2D eigenvalue weighted by atomic mass is 10.0. The van der Waals surface area contributed by atoms with Crippen LogP contribution in [0.5, 0.6) is 0 Å². The Morgan fingerprint density at radius 2 is 1.95 bits per heavy atom. The lowest BCUT2D eigenvalue weighted by Crippen LogP contribution is -2.71. The van der Waals surface area contributed by atoms with Gasteiger partial charge in [0.15, 0.2) is 23.2 Å². The summed E-state index contributed by atoms with van der Waals surface area (Å²) in [5.74, 6) is -4.54. The molecule has 0 aliphatic carbocycles. The molecule has 210 valence electrons. The highest BCUT2D eigenvalue weighted by Crippen LogP contribution is 2.41. The molecule has 4 rings (SSSR count). The third kappa shape index (κ3) is 6.52. The van der Waals surface area contributed by atoms with E-state index in [1.54, 1.807) is 24.5 Å². The number of aromatic nitrogens is 2. The number of carboxylic acid groups (broad SMARTS) is 3. The molecule has 1 saturated heterocycles. The van der Waals surface area contributed by atoms with Crippen molar-refractivity contribution >= 4 is 75.4 Å². The fourth-order valence-corrected chi connectivity index (χ4v) is 6.65. The summed E-state index contributed by atoms with van der Waals surface area (Å²) in [4.78, 5) is 70.3. The summed E-state index contributed by atoms with van der Waals surface area (Å²) in [5, 5.41) is 34.5. The molecule has 2 atom stereocenters. The number of amides is 2. The fraction of sp³-hybridized carbons (Fsp3) is 0.273. The van der Waals surface area contributed by atoms with Gasteiger partial charge < -0.3 is 31.2 Å². The van der Waals surface area contributed by atoms with E-state index < -0.39 is 47.7 Å². The molecule has 0 saturated carbocycles. The van der Waals surface area contributed by atoms with Gasteiger partial charge in [0.25, 0.3) is 11.8 Å². The van der Waals surface area contributed by atoms with Crippen molar-refractivity contribution in [3.63, 3.8) is 0 Å². The molecule has 18 heteroatoms. The topological polar surface area (TPSA) is 226 Å². The van der Waals surface area contributed by atoms with Crippen LogP contribution < -0.4 is 15.6 Å². The lowest BCUT2D eigenvalue weighted by Gasteiger charge is -2.49. The van der Waals surface area contributed by atoms with Crippen molar-refractivity contribution in [3.8, 4) is 0 Å². The van der Waals surface area contributed by atoms with Gasteiger partial charge in [-0.15, -0.1) is 34.9 Å². The summed E-state index contributed by atoms with van der Waals surface area (Å²) in [5.41, 5.74) is 5.61. The van der Waals surface area contributed by atoms with Gasteiger partial charge >= 0.3 is 17.9 Å². The van der Waals surface area contributed by atoms with E-state index in [0.29, 0.717) is 5.57 Å². The van der Waals surface area contributed by atoms with Crippen LogP contribution in [0.4, 0.5) is 5.13 Å². The standard InChI is InChI=1S/C22H20N6O9S3/c23-22-24-12(9-40-22)15(26-37-6-14(31)32)18(33)25-16-19(34)28-17(21(35)36)10(8-39-20(16)28)7-38-11-1-3-27(4-2-11)5-13(29)30/h1-4,9,16,20H,5-8H2,(H5-,23,24,25,29,30,31,32,33,35,36)/p+1/b26-15-/t16-,20-/m1/s1. The predicted octanol–water partition coefficient (Wildman–Crippen LogP) is -0.566. The monoisotopic (exact) mass is 609 g/mol. The van der Waals surface area contributed by atoms with Crippen molar-refractivity contribution in [2.45, 2.75) is 22.9 Å². The van der Waals surface area contributed by atoms with E-state index in [0.717, 1.165) is 21.1 Å². The number of pyridine rings is 1. The zero-order valence-electron chi connectivity index (χ0n) is 20.3. The molecule has 0 unspecified atom stereocenters. The maximum absolute atomic E-state index is 13.0. The van der Waals surface area contributed by atoms with Crippen LogP contribution in [0.15, 0.2) is 51.2 Å². The molecule has 2 amide bonds. The van der Waals surface area contributed by atoms with Crippen LogP contribution in [0.1, 0.15) is 5.69 Å². The highest BCUT2D eigenvalue weighted by molar-refractivity contribution is 8.01. The van der Waals surface area contributed by atoms with E-state index in [-0.39, 0.29) is 40.3 Å². The first kappa shape index (κ1) is 28.8. The van der Waals surface area contributed by atoms with Crippen LogP contribution >= 0.6 is 34.9 Å². The van der Waals surface area contributed by atoms with Gasteiger partial charge in [0.05, 0.1) is 0 Å². The number of carbonyl (C=O) groups excluding carboxylic acids is 2. The second-order valence-electron chi connectivity index (χ2n) is 8.18. The lowest BCUT2D eigenvalue weighted by molar-refractivity contribution is -0.686. The number of nitrogens with zero attached hydrogens (tertiary/aromatic N) is 4. The Bertz CT molecular complexity index is 1430. The first-order valence-corrected chi connectivity index (χ1v) is 14.1. The van der Waals surface area contributed by atoms with Crippen LogP contribution in [0.2, 0.25) is 0 Å². The number of carbonyl (C=O) groups is 5. The summed E-state index contributed by atoms with van der Waals surface area (Å²) < 4.78 is 1.49. The van der Waals surface area contributed by atoms with Gasteiger partial charge in [0.2, 0.25) is 13.2 Å². The highest BCUT2D eigenvalue weighted by atomic mass is 32.2. The Balaban J connectivity index is 1.45. The number of thiazole rings is 1. The summed E-state index contributed by atoms with van der Waals surface area (Å²) in [6.07, 6.45) is 3.20. The number of hydrogen-bond donors (Lipinski definition) is 5. The summed E-state index contributed by atoms with van der Waals surface area (Å²) in [6.45, 7) is -1.00. The van der Waals surface area contributed by atoms with Crippen LogP contribution in [0, 0.1) is 0 Å². The van der Waals surface area contributed by atoms with Gasteiger partial charge in [0, 0.05) is 33.9 Å². The number of carboxylic acids is 3. The molecule has 2 aromatic rings. The molecular weight excluding hydrogens is 588 g/mol. The van der Waals surface area contributed by atoms with E-state index in [1.165, 1.54) is 33.5 Å². The van der Waals surface area contributed by atoms with E-state index in [2.05, 4.69) is 15.5 Å². The van der Waals surface area contributed by atoms with Crippen molar-refractivity contribution in [3.05, 3.63) is 46.9 Å². The Hall–Kier alpha value is -4.16. The SMILES string of the molecule is Nc1nc(/C(=N/OCC(=O)O)C(=O)N[C@@H]2C(=O)N3C(C(=O)O)=C(CSc4cc[n+](CC(=O)O)cc4)CS[C@H]23)cs1. The van der Waals surface area contributed by atoms with Gasteiger partial charge in [-0.25, -0.2) is 19.4 Å². The van der Waals surface area contributed by atoms with Crippen molar-refractivity contribution in [1.82, 2.24) is 15.2 Å². The van der Waals surface area contributed by atoms with E-state index in [1.807, 2.05) is 0 Å². The maximum atomic E-state index is 13.0. The normalized spacial score (nSPS) is 18.6. The molecule has 0 spiro atoms. The van der Waals surface area contributed by atoms with Crippen molar-refractivity contribution < 1.29 is 48.7 Å². The van der Waals surface area contributed by atoms with Crippen molar-refractivity contribution in [1.29, 1.82) is 0 Å². The van der Waals surface area contributed by atoms with Gasteiger partial charge in [-0.2, -0.15) is 4.57 Å². The van der Waals surface area contributed by atoms with Crippen LogP contribution in [-0.2, 0) is 35.4 Å². The number of oxime groups is 1. The molecule has 4 heterocycles. The molecule has 2 aliphatic heterocycles. The van der Waals surface area contributed by atoms with E-state index >= 15 is 0 Å². The van der Waals surface area contributed by atoms with Gasteiger partial charge in [-0.1, -0.05) is 5.16 Å². The third-order valence-electron chi connectivity index (χ3n) is 5.45. The zero-order valence-corrected chi connectivity index (χ0v) is 22.7. The summed E-state index contributed by atoms with van der Waals surface area (Å²) >= 11 is 3.63. The average molecular weight is 610 g/mol. The number of thioether (sulfide) groups is 2. The summed E-state index contributed by atoms with van der Waals surface area (Å²) in [7, 11) is 0. The Labute approximate surface area is 237 Å². The molecule has 2 aliphatic rings. The molecule has 2 aromatic heterocycles. The number of fused-ring (bicyclic) bond motifs is 1. The predicted molar refractivity (Wildman–Crippen MR) is 141 cm³/mol. The molecule has 0 aromatic carbocycles. The number of anilines is 1. The van der Waals surface area contributed by atoms with Gasteiger partial charge in [0.1, 0.15) is 22.8 Å². The van der Waals surface area contributed by atoms with Crippen LogP contribution in [0.25, 0.3) is 0 Å². The van der Waals surface area contributed by atoms with Gasteiger partial charge in [-0.05, 0) is 5.57 Å². The van der Waals surface area contributed by atoms with Crippen LogP contribution in [-0.4, -0.2) is 90.2 Å². The first-order chi connectivity index (χ1) is 19.0. The number of nitrogen functional groups attached to an aromatic ring is 1. The molecule has 0 radical (unpaired) electrons. The second kappa shape index (κ2) is 12.3. The zero-order chi connectivity index (χ0) is 29.0. The quantitative estimate of drug-likeness (QED) is 0.0669. The van der Waals surface area contributed by atoms with E-state index in [9.17, 15) is 29.1 Å². The number of nitrogens with one attached hydrogen (secondary N) is 1. The smallest absolute Gasteiger partial charge is 0.370 e. The van der Waals surface area contributed by atoms with Gasteiger partial charge in [-0.3, -0.25) is 14.5 Å². The molecule has 6 N–H and O–H groups in total. The molecule has 1 fully saturated rings. The largest absolute Gasteiger partial charge is 0.479 e. The van der Waals surface area contributed by atoms with Crippen molar-refractivity contribution in [2.75, 3.05) is 23.8 Å². The number of hydrogen-bond acceptors (Lipinski definition) is 12. The highest BCUT2D eigenvalue weighted by Gasteiger charge is 2.54. The van der Waals surface area contributed by atoms with E-state index in [4.69, 9.17) is 20.8 Å². The average Bonchev–Trinajstić information content (AvgIpc) is 3.33. The van der Waals surface area contributed by atoms with Crippen LogP contribution in [0.3, 0.4) is 0 Å². The minimum absolute atomic E-state index is 0.0186. The Kier molecular flexibility index (Phi) is 8.90. The number of aliphatic carboxylic acids is 3.